The predicted octanol–water partition coefficient (Wildman–Crippen LogP) is 3.84. The van der Waals surface area contributed by atoms with Gasteiger partial charge in [0.05, 0.1) is 0 Å². The van der Waals surface area contributed by atoms with Gasteiger partial charge in [0.15, 0.2) is 0 Å². The van der Waals surface area contributed by atoms with Gasteiger partial charge in [-0.2, -0.15) is 0 Å². The maximum absolute atomic E-state index is 12.5. The van der Waals surface area contributed by atoms with E-state index in [0.29, 0.717) is 19.5 Å². The number of hydrogen-bond donors (Lipinski definition) is 1. The first kappa shape index (κ1) is 17.2. The number of carbonyl (C=O) groups excluding carboxylic acids is 1. The van der Waals surface area contributed by atoms with Gasteiger partial charge < -0.3 is 10.2 Å². The standard InChI is InChI=1S/C20H26N2O/c1-4-22(19-11-7-8-16(2)14-19)20(23)12-13-21-15-18-10-6-5-9-17(18)3/h5-11,14,21H,4,12-13,15H2,1-3H3. The molecule has 0 saturated carbocycles. The maximum Gasteiger partial charge on any atom is 0.228 e. The molecule has 0 fully saturated rings. The number of aryl methyl sites for hydroxylation is 2. The molecule has 0 heterocycles. The predicted molar refractivity (Wildman–Crippen MR) is 96.7 cm³/mol. The van der Waals surface area contributed by atoms with Gasteiger partial charge in [0.1, 0.15) is 0 Å². The zero-order valence-corrected chi connectivity index (χ0v) is 14.3. The molecule has 2 aromatic rings. The van der Waals surface area contributed by atoms with E-state index in [-0.39, 0.29) is 5.91 Å². The third-order valence-corrected chi connectivity index (χ3v) is 4.02. The number of benzene rings is 2. The van der Waals surface area contributed by atoms with Crippen LogP contribution in [0, 0.1) is 13.8 Å². The lowest BCUT2D eigenvalue weighted by molar-refractivity contribution is -0.118. The van der Waals surface area contributed by atoms with E-state index < -0.39 is 0 Å². The topological polar surface area (TPSA) is 32.3 Å². The van der Waals surface area contributed by atoms with Gasteiger partial charge in [0.2, 0.25) is 5.91 Å². The number of nitrogens with zero attached hydrogens (tertiary/aromatic N) is 1. The number of amides is 1. The average molecular weight is 310 g/mol. The molecular formula is C20H26N2O. The van der Waals surface area contributed by atoms with Crippen molar-refractivity contribution in [3.8, 4) is 0 Å². The second-order valence-electron chi connectivity index (χ2n) is 5.83. The molecule has 0 unspecified atom stereocenters. The lowest BCUT2D eigenvalue weighted by Gasteiger charge is -2.21. The van der Waals surface area contributed by atoms with Crippen LogP contribution in [0.15, 0.2) is 48.5 Å². The minimum absolute atomic E-state index is 0.162. The molecule has 0 aromatic heterocycles. The van der Waals surface area contributed by atoms with Crippen LogP contribution < -0.4 is 10.2 Å². The van der Waals surface area contributed by atoms with Crippen molar-refractivity contribution in [1.82, 2.24) is 5.32 Å². The summed E-state index contributed by atoms with van der Waals surface area (Å²) in [7, 11) is 0. The Labute approximate surface area is 139 Å². The molecule has 122 valence electrons. The fourth-order valence-electron chi connectivity index (χ4n) is 2.66. The summed E-state index contributed by atoms with van der Waals surface area (Å²) >= 11 is 0. The zero-order chi connectivity index (χ0) is 16.7. The summed E-state index contributed by atoms with van der Waals surface area (Å²) in [6.45, 7) is 8.36. The van der Waals surface area contributed by atoms with E-state index in [0.717, 1.165) is 12.2 Å². The molecule has 0 radical (unpaired) electrons. The van der Waals surface area contributed by atoms with Gasteiger partial charge in [0.25, 0.3) is 0 Å². The van der Waals surface area contributed by atoms with Crippen molar-refractivity contribution in [3.05, 3.63) is 65.2 Å². The Bertz CT molecular complexity index is 652. The van der Waals surface area contributed by atoms with Gasteiger partial charge in [-0.1, -0.05) is 36.4 Å². The minimum Gasteiger partial charge on any atom is -0.313 e. The third kappa shape index (κ3) is 4.93. The number of hydrogen-bond acceptors (Lipinski definition) is 2. The van der Waals surface area contributed by atoms with Crippen LogP contribution >= 0.6 is 0 Å². The van der Waals surface area contributed by atoms with Crippen LogP contribution in [0.4, 0.5) is 5.69 Å². The molecule has 0 aliphatic heterocycles. The summed E-state index contributed by atoms with van der Waals surface area (Å²) in [6, 6.07) is 16.4. The summed E-state index contributed by atoms with van der Waals surface area (Å²) in [4.78, 5) is 14.3. The van der Waals surface area contributed by atoms with Gasteiger partial charge in [-0.25, -0.2) is 0 Å². The van der Waals surface area contributed by atoms with E-state index in [1.807, 2.05) is 49.1 Å². The lowest BCUT2D eigenvalue weighted by atomic mass is 10.1. The Morgan fingerprint density at radius 2 is 1.87 bits per heavy atom. The number of rotatable bonds is 7. The van der Waals surface area contributed by atoms with E-state index in [2.05, 4.69) is 30.4 Å². The first-order chi connectivity index (χ1) is 11.1. The summed E-state index contributed by atoms with van der Waals surface area (Å²) in [5.41, 5.74) is 4.72. The SMILES string of the molecule is CCN(C(=O)CCNCc1ccccc1C)c1cccc(C)c1. The third-order valence-electron chi connectivity index (χ3n) is 4.02. The van der Waals surface area contributed by atoms with Crippen molar-refractivity contribution in [2.45, 2.75) is 33.7 Å². The smallest absolute Gasteiger partial charge is 0.228 e. The highest BCUT2D eigenvalue weighted by Crippen LogP contribution is 2.16. The van der Waals surface area contributed by atoms with Gasteiger partial charge in [0, 0.05) is 31.7 Å². The van der Waals surface area contributed by atoms with Crippen molar-refractivity contribution in [2.24, 2.45) is 0 Å². The molecule has 2 aromatic carbocycles. The molecule has 2 rings (SSSR count). The minimum atomic E-state index is 0.162. The fraction of sp³-hybridized carbons (Fsp3) is 0.350. The highest BCUT2D eigenvalue weighted by molar-refractivity contribution is 5.93. The number of anilines is 1. The van der Waals surface area contributed by atoms with E-state index >= 15 is 0 Å². The highest BCUT2D eigenvalue weighted by atomic mass is 16.2. The Hall–Kier alpha value is -2.13. The summed E-state index contributed by atoms with van der Waals surface area (Å²) in [5, 5.41) is 3.37. The maximum atomic E-state index is 12.5. The van der Waals surface area contributed by atoms with Crippen LogP contribution in [-0.4, -0.2) is 19.0 Å². The first-order valence-corrected chi connectivity index (χ1v) is 8.24. The summed E-state index contributed by atoms with van der Waals surface area (Å²) < 4.78 is 0. The Morgan fingerprint density at radius 1 is 1.09 bits per heavy atom. The molecule has 1 N–H and O–H groups in total. The van der Waals surface area contributed by atoms with Gasteiger partial charge in [-0.15, -0.1) is 0 Å². The molecule has 23 heavy (non-hydrogen) atoms. The van der Waals surface area contributed by atoms with Crippen molar-refractivity contribution in [2.75, 3.05) is 18.0 Å². The molecule has 1 amide bonds. The van der Waals surface area contributed by atoms with Gasteiger partial charge in [-0.05, 0) is 49.6 Å². The van der Waals surface area contributed by atoms with Crippen LogP contribution in [-0.2, 0) is 11.3 Å². The van der Waals surface area contributed by atoms with Gasteiger partial charge >= 0.3 is 0 Å². The van der Waals surface area contributed by atoms with Crippen molar-refractivity contribution < 1.29 is 4.79 Å². The Morgan fingerprint density at radius 3 is 2.57 bits per heavy atom. The molecular weight excluding hydrogens is 284 g/mol. The number of carbonyl (C=O) groups is 1. The molecule has 0 saturated heterocycles. The van der Waals surface area contributed by atoms with Crippen LogP contribution in [0.2, 0.25) is 0 Å². The number of nitrogens with one attached hydrogen (secondary N) is 1. The van der Waals surface area contributed by atoms with Crippen LogP contribution in [0.1, 0.15) is 30.0 Å². The monoisotopic (exact) mass is 310 g/mol. The molecule has 3 heteroatoms. The van der Waals surface area contributed by atoms with E-state index in [9.17, 15) is 4.79 Å². The highest BCUT2D eigenvalue weighted by Gasteiger charge is 2.13. The fourth-order valence-corrected chi connectivity index (χ4v) is 2.66. The quantitative estimate of drug-likeness (QED) is 0.788. The van der Waals surface area contributed by atoms with Crippen molar-refractivity contribution in [3.63, 3.8) is 0 Å². The van der Waals surface area contributed by atoms with Crippen molar-refractivity contribution >= 4 is 11.6 Å². The molecule has 0 atom stereocenters. The molecule has 0 spiro atoms. The van der Waals surface area contributed by atoms with E-state index in [4.69, 9.17) is 0 Å². The average Bonchev–Trinajstić information content (AvgIpc) is 2.54. The van der Waals surface area contributed by atoms with E-state index in [1.54, 1.807) is 0 Å². The summed E-state index contributed by atoms with van der Waals surface area (Å²) in [6.07, 6.45) is 0.508. The van der Waals surface area contributed by atoms with Crippen LogP contribution in [0.25, 0.3) is 0 Å². The van der Waals surface area contributed by atoms with Crippen LogP contribution in [0.5, 0.6) is 0 Å². The summed E-state index contributed by atoms with van der Waals surface area (Å²) in [5.74, 6) is 0.162. The second-order valence-corrected chi connectivity index (χ2v) is 5.83. The molecule has 3 nitrogen and oxygen atoms in total. The first-order valence-electron chi connectivity index (χ1n) is 8.24. The largest absolute Gasteiger partial charge is 0.313 e. The Balaban J connectivity index is 1.85. The van der Waals surface area contributed by atoms with Crippen LogP contribution in [0.3, 0.4) is 0 Å². The zero-order valence-electron chi connectivity index (χ0n) is 14.3. The van der Waals surface area contributed by atoms with Gasteiger partial charge in [-0.3, -0.25) is 4.79 Å². The normalized spacial score (nSPS) is 10.6. The molecule has 0 aliphatic carbocycles. The van der Waals surface area contributed by atoms with E-state index in [1.165, 1.54) is 16.7 Å². The molecule has 0 bridgehead atoms. The second kappa shape index (κ2) is 8.49. The lowest BCUT2D eigenvalue weighted by Crippen LogP contribution is -2.33. The Kier molecular flexibility index (Phi) is 6.36. The molecule has 0 aliphatic rings. The van der Waals surface area contributed by atoms with Crippen molar-refractivity contribution in [1.29, 1.82) is 0 Å².